The third kappa shape index (κ3) is 3.87. The van der Waals surface area contributed by atoms with Crippen LogP contribution in [0.2, 0.25) is 0 Å². The first-order valence-electron chi connectivity index (χ1n) is 6.42. The van der Waals surface area contributed by atoms with Gasteiger partial charge < -0.3 is 9.84 Å². The summed E-state index contributed by atoms with van der Waals surface area (Å²) in [6, 6.07) is 8.07. The highest BCUT2D eigenvalue weighted by Gasteiger charge is 2.10. The lowest BCUT2D eigenvalue weighted by Gasteiger charge is -2.13. The minimum absolute atomic E-state index is 0.584. The molecule has 5 heteroatoms. The van der Waals surface area contributed by atoms with Gasteiger partial charge in [-0.25, -0.2) is 0 Å². The van der Waals surface area contributed by atoms with Gasteiger partial charge in [0.15, 0.2) is 5.82 Å². The summed E-state index contributed by atoms with van der Waals surface area (Å²) in [5.41, 5.74) is 2.15. The number of likely N-dealkylation sites (N-methyl/N-ethyl adjacent to an activating group) is 2. The largest absolute Gasteiger partial charge is 0.334 e. The summed E-state index contributed by atoms with van der Waals surface area (Å²) in [6.07, 6.45) is 0. The van der Waals surface area contributed by atoms with Gasteiger partial charge in [0.1, 0.15) is 0 Å². The molecule has 0 saturated heterocycles. The van der Waals surface area contributed by atoms with Crippen molar-refractivity contribution >= 4 is 0 Å². The van der Waals surface area contributed by atoms with Crippen LogP contribution in [0.15, 0.2) is 28.8 Å². The van der Waals surface area contributed by atoms with Gasteiger partial charge in [-0.2, -0.15) is 4.98 Å². The summed E-state index contributed by atoms with van der Waals surface area (Å²) in [5.74, 6) is 1.30. The molecule has 0 radical (unpaired) electrons. The smallest absolute Gasteiger partial charge is 0.257 e. The molecule has 0 aliphatic heterocycles. The zero-order chi connectivity index (χ0) is 13.7. The second-order valence-corrected chi connectivity index (χ2v) is 4.73. The van der Waals surface area contributed by atoms with Crippen molar-refractivity contribution < 1.29 is 4.52 Å². The second kappa shape index (κ2) is 6.45. The van der Waals surface area contributed by atoms with E-state index in [1.807, 2.05) is 45.3 Å². The van der Waals surface area contributed by atoms with E-state index in [0.29, 0.717) is 12.4 Å². The molecule has 5 nitrogen and oxygen atoms in total. The highest BCUT2D eigenvalue weighted by Crippen LogP contribution is 2.18. The second-order valence-electron chi connectivity index (χ2n) is 4.73. The minimum Gasteiger partial charge on any atom is -0.334 e. The Bertz CT molecular complexity index is 524. The molecule has 102 valence electrons. The van der Waals surface area contributed by atoms with E-state index in [2.05, 4.69) is 20.4 Å². The topological polar surface area (TPSA) is 54.2 Å². The molecular weight excluding hydrogens is 240 g/mol. The van der Waals surface area contributed by atoms with Crippen LogP contribution in [0.5, 0.6) is 0 Å². The van der Waals surface area contributed by atoms with Crippen LogP contribution in [0.4, 0.5) is 0 Å². The van der Waals surface area contributed by atoms with Crippen LogP contribution in [0, 0.1) is 6.92 Å². The average Bonchev–Trinajstić information content (AvgIpc) is 2.85. The summed E-state index contributed by atoms with van der Waals surface area (Å²) in [6.45, 7) is 4.63. The van der Waals surface area contributed by atoms with E-state index in [4.69, 9.17) is 4.52 Å². The average molecular weight is 260 g/mol. The minimum atomic E-state index is 0.584. The van der Waals surface area contributed by atoms with Crippen LogP contribution < -0.4 is 5.32 Å². The molecule has 0 unspecified atom stereocenters. The Morgan fingerprint density at radius 2 is 2.21 bits per heavy atom. The molecule has 2 aromatic rings. The van der Waals surface area contributed by atoms with Crippen LogP contribution in [0.1, 0.15) is 11.4 Å². The van der Waals surface area contributed by atoms with E-state index >= 15 is 0 Å². The van der Waals surface area contributed by atoms with E-state index < -0.39 is 0 Å². The Kier molecular flexibility index (Phi) is 4.65. The predicted octanol–water partition coefficient (Wildman–Crippen LogP) is 1.70. The predicted molar refractivity (Wildman–Crippen MR) is 74.7 cm³/mol. The Morgan fingerprint density at radius 3 is 2.95 bits per heavy atom. The molecule has 2 rings (SSSR count). The lowest BCUT2D eigenvalue weighted by Crippen LogP contribution is -2.27. The first-order valence-corrected chi connectivity index (χ1v) is 6.42. The zero-order valence-corrected chi connectivity index (χ0v) is 11.7. The number of aromatic nitrogens is 2. The fourth-order valence-corrected chi connectivity index (χ4v) is 1.84. The van der Waals surface area contributed by atoms with Gasteiger partial charge in [0.2, 0.25) is 0 Å². The van der Waals surface area contributed by atoms with Gasteiger partial charge in [-0.1, -0.05) is 22.9 Å². The lowest BCUT2D eigenvalue weighted by atomic mass is 10.1. The van der Waals surface area contributed by atoms with Crippen molar-refractivity contribution in [1.29, 1.82) is 0 Å². The maximum atomic E-state index is 5.31. The van der Waals surface area contributed by atoms with Crippen molar-refractivity contribution in [3.63, 3.8) is 0 Å². The molecule has 19 heavy (non-hydrogen) atoms. The first-order chi connectivity index (χ1) is 9.19. The van der Waals surface area contributed by atoms with Gasteiger partial charge in [0, 0.05) is 18.7 Å². The van der Waals surface area contributed by atoms with Crippen molar-refractivity contribution in [2.24, 2.45) is 0 Å². The molecule has 0 atom stereocenters. The molecule has 0 fully saturated rings. The molecule has 0 amide bonds. The van der Waals surface area contributed by atoms with Gasteiger partial charge in [0.05, 0.1) is 6.54 Å². The fourth-order valence-electron chi connectivity index (χ4n) is 1.84. The number of benzene rings is 1. The van der Waals surface area contributed by atoms with Crippen molar-refractivity contribution in [2.45, 2.75) is 13.5 Å². The van der Waals surface area contributed by atoms with Crippen LogP contribution in [0.25, 0.3) is 11.5 Å². The van der Waals surface area contributed by atoms with Gasteiger partial charge in [-0.05, 0) is 33.2 Å². The Morgan fingerprint density at radius 1 is 1.37 bits per heavy atom. The molecule has 0 saturated carbocycles. The summed E-state index contributed by atoms with van der Waals surface area (Å²) >= 11 is 0. The van der Waals surface area contributed by atoms with Crippen molar-refractivity contribution in [3.8, 4) is 11.5 Å². The standard InChI is InChI=1S/C14H20N4O/c1-11-5-4-6-12(9-11)14-16-13(17-19-14)10-18(3)8-7-15-2/h4-6,9,15H,7-8,10H2,1-3H3. The number of hydrogen-bond acceptors (Lipinski definition) is 5. The zero-order valence-electron chi connectivity index (χ0n) is 11.7. The summed E-state index contributed by atoms with van der Waals surface area (Å²) < 4.78 is 5.31. The Balaban J connectivity index is 2.03. The highest BCUT2D eigenvalue weighted by molar-refractivity contribution is 5.53. The number of nitrogens with one attached hydrogen (secondary N) is 1. The number of nitrogens with zero attached hydrogens (tertiary/aromatic N) is 3. The van der Waals surface area contributed by atoms with E-state index in [9.17, 15) is 0 Å². The molecule has 0 aliphatic carbocycles. The van der Waals surface area contributed by atoms with Crippen molar-refractivity contribution in [2.75, 3.05) is 27.2 Å². The number of aryl methyl sites for hydroxylation is 1. The van der Waals surface area contributed by atoms with Gasteiger partial charge in [-0.3, -0.25) is 4.90 Å². The Hall–Kier alpha value is -1.72. The monoisotopic (exact) mass is 260 g/mol. The molecule has 0 bridgehead atoms. The number of rotatable bonds is 6. The van der Waals surface area contributed by atoms with Crippen LogP contribution in [0.3, 0.4) is 0 Å². The lowest BCUT2D eigenvalue weighted by molar-refractivity contribution is 0.311. The van der Waals surface area contributed by atoms with Crippen molar-refractivity contribution in [1.82, 2.24) is 20.4 Å². The van der Waals surface area contributed by atoms with E-state index in [-0.39, 0.29) is 0 Å². The van der Waals surface area contributed by atoms with Crippen LogP contribution >= 0.6 is 0 Å². The summed E-state index contributed by atoms with van der Waals surface area (Å²) in [5, 5.41) is 7.14. The van der Waals surface area contributed by atoms with Crippen LogP contribution in [-0.2, 0) is 6.54 Å². The molecule has 0 spiro atoms. The maximum Gasteiger partial charge on any atom is 0.257 e. The normalized spacial score (nSPS) is 11.2. The third-order valence-electron chi connectivity index (χ3n) is 2.89. The van der Waals surface area contributed by atoms with Gasteiger partial charge in [-0.15, -0.1) is 0 Å². The van der Waals surface area contributed by atoms with E-state index in [0.717, 1.165) is 24.5 Å². The molecule has 1 aromatic carbocycles. The molecule has 1 heterocycles. The summed E-state index contributed by atoms with van der Waals surface area (Å²) in [7, 11) is 3.98. The van der Waals surface area contributed by atoms with Crippen molar-refractivity contribution in [3.05, 3.63) is 35.7 Å². The van der Waals surface area contributed by atoms with E-state index in [1.165, 1.54) is 5.56 Å². The van der Waals surface area contributed by atoms with Gasteiger partial charge >= 0.3 is 0 Å². The van der Waals surface area contributed by atoms with Gasteiger partial charge in [0.25, 0.3) is 5.89 Å². The molecule has 1 aromatic heterocycles. The third-order valence-corrected chi connectivity index (χ3v) is 2.89. The summed E-state index contributed by atoms with van der Waals surface area (Å²) in [4.78, 5) is 6.58. The quantitative estimate of drug-likeness (QED) is 0.856. The van der Waals surface area contributed by atoms with Crippen LogP contribution in [-0.4, -0.2) is 42.2 Å². The maximum absolute atomic E-state index is 5.31. The first kappa shape index (κ1) is 13.7. The highest BCUT2D eigenvalue weighted by atomic mass is 16.5. The fraction of sp³-hybridized carbons (Fsp3) is 0.429. The molecule has 0 aliphatic rings. The van der Waals surface area contributed by atoms with E-state index in [1.54, 1.807) is 0 Å². The Labute approximate surface area is 113 Å². The molecular formula is C14H20N4O. The number of hydrogen-bond donors (Lipinski definition) is 1. The molecule has 1 N–H and O–H groups in total. The SMILES string of the molecule is CNCCN(C)Cc1noc(-c2cccc(C)c2)n1.